The van der Waals surface area contributed by atoms with Crippen LogP contribution in [0.1, 0.15) is 50.5 Å². The largest absolute Gasteiger partial charge is 0.400 e. The first-order valence-corrected chi connectivity index (χ1v) is 20.8. The normalized spacial score (nSPS) is 15.0. The van der Waals surface area contributed by atoms with Crippen molar-refractivity contribution >= 4 is 65.2 Å². The summed E-state index contributed by atoms with van der Waals surface area (Å²) in [5, 5.41) is 15.7. The van der Waals surface area contributed by atoms with Gasteiger partial charge in [-0.25, -0.2) is 22.9 Å². The second-order valence-corrected chi connectivity index (χ2v) is 16.8. The molecule has 0 unspecified atom stereocenters. The summed E-state index contributed by atoms with van der Waals surface area (Å²) in [6, 6.07) is 0. The molecule has 55 heavy (non-hydrogen) atoms. The minimum atomic E-state index is -0.0203. The molecule has 0 bridgehead atoms. The summed E-state index contributed by atoms with van der Waals surface area (Å²) in [4.78, 5) is 58.2. The molecule has 0 spiro atoms. The second kappa shape index (κ2) is 18.5. The third-order valence-electron chi connectivity index (χ3n) is 10.7. The van der Waals surface area contributed by atoms with Gasteiger partial charge in [0, 0.05) is 76.5 Å². The number of pyridine rings is 3. The van der Waals surface area contributed by atoms with Gasteiger partial charge in [-0.15, -0.1) is 0 Å². The number of nitrogens with zero attached hydrogens (tertiary/aromatic N) is 7. The van der Waals surface area contributed by atoms with E-state index < -0.39 is 0 Å². The summed E-state index contributed by atoms with van der Waals surface area (Å²) in [6.07, 6.45) is 0. The minimum absolute atomic E-state index is 0.0203. The van der Waals surface area contributed by atoms with Crippen molar-refractivity contribution in [1.82, 2.24) is 47.7 Å². The molecule has 8 rings (SSSR count). The van der Waals surface area contributed by atoms with Crippen LogP contribution in [-0.2, 0) is 13.3 Å². The summed E-state index contributed by atoms with van der Waals surface area (Å²) >= 11 is 4.21. The van der Waals surface area contributed by atoms with Gasteiger partial charge in [-0.3, -0.25) is 28.6 Å². The van der Waals surface area contributed by atoms with Crippen LogP contribution in [0.25, 0.3) is 30.6 Å². The maximum absolute atomic E-state index is 13.0. The van der Waals surface area contributed by atoms with Crippen LogP contribution >= 0.6 is 34.6 Å². The fourth-order valence-electron chi connectivity index (χ4n) is 6.62. The lowest BCUT2D eigenvalue weighted by atomic mass is 10.1. The third kappa shape index (κ3) is 9.15. The first-order chi connectivity index (χ1) is 26.3. The van der Waals surface area contributed by atoms with Gasteiger partial charge in [0.2, 0.25) is 0 Å². The van der Waals surface area contributed by atoms with Gasteiger partial charge in [0.15, 0.2) is 0 Å². The Balaban J connectivity index is 0.000000225. The van der Waals surface area contributed by atoms with Crippen molar-refractivity contribution in [1.29, 1.82) is 0 Å². The van der Waals surface area contributed by atoms with Crippen LogP contribution in [0.5, 0.6) is 0 Å². The molecule has 0 aromatic carbocycles. The first-order valence-electron chi connectivity index (χ1n) is 18.5. The van der Waals surface area contributed by atoms with E-state index in [-0.39, 0.29) is 16.7 Å². The molecule has 2 fully saturated rings. The van der Waals surface area contributed by atoms with E-state index in [0.29, 0.717) is 13.3 Å². The molecule has 298 valence electrons. The highest BCUT2D eigenvalue weighted by molar-refractivity contribution is 7.13. The van der Waals surface area contributed by atoms with Crippen LogP contribution in [-0.4, -0.2) is 102 Å². The Morgan fingerprint density at radius 1 is 0.527 bits per heavy atom. The third-order valence-corrected chi connectivity index (χ3v) is 13.4. The fraction of sp³-hybridized carbons (Fsp3) is 0.526. The molecule has 6 aromatic rings. The van der Waals surface area contributed by atoms with Crippen molar-refractivity contribution in [3.05, 3.63) is 81.5 Å². The van der Waals surface area contributed by atoms with Gasteiger partial charge in [-0.2, -0.15) is 0 Å². The summed E-state index contributed by atoms with van der Waals surface area (Å²) in [5.74, 6) is 0. The molecular formula is C38H54N10O4S3. The molecule has 2 aliphatic heterocycles. The van der Waals surface area contributed by atoms with E-state index in [1.54, 1.807) is 0 Å². The Bertz CT molecular complexity index is 2340. The van der Waals surface area contributed by atoms with Crippen LogP contribution in [0.3, 0.4) is 0 Å². The minimum Gasteiger partial charge on any atom is -0.400 e. The van der Waals surface area contributed by atoms with Crippen molar-refractivity contribution in [3.8, 4) is 0 Å². The van der Waals surface area contributed by atoms with Gasteiger partial charge >= 0.3 is 0 Å². The van der Waals surface area contributed by atoms with E-state index in [9.17, 15) is 14.4 Å². The maximum Gasteiger partial charge on any atom is 0.271 e. The smallest absolute Gasteiger partial charge is 0.271 e. The highest BCUT2D eigenvalue weighted by Gasteiger charge is 2.22. The van der Waals surface area contributed by atoms with Gasteiger partial charge in [-0.1, -0.05) is 0 Å². The summed E-state index contributed by atoms with van der Waals surface area (Å²) in [6.45, 7) is 27.1. The SMILES string of the molecule is C1CNCCN1.CO.Cc1nc2s[nH]c(=O)c2c(C)c1C.Cc1nc2sn(CN3CCN(Cn4sc5nc(C)c(C)c(C)c5c4=O)CC3)c(=O)c2c(C)c1C. The van der Waals surface area contributed by atoms with Gasteiger partial charge in [0.1, 0.15) is 14.5 Å². The van der Waals surface area contributed by atoms with Gasteiger partial charge in [0.05, 0.1) is 29.5 Å². The number of aliphatic hydroxyl groups is 1. The highest BCUT2D eigenvalue weighted by Crippen LogP contribution is 2.25. The predicted molar refractivity (Wildman–Crippen MR) is 228 cm³/mol. The van der Waals surface area contributed by atoms with Crippen molar-refractivity contribution in [2.24, 2.45) is 0 Å². The molecule has 17 heteroatoms. The topological polar surface area (TPSA) is 166 Å². The van der Waals surface area contributed by atoms with E-state index in [1.165, 1.54) is 34.6 Å². The molecule has 0 amide bonds. The molecule has 0 radical (unpaired) electrons. The number of aromatic nitrogens is 6. The van der Waals surface area contributed by atoms with Gasteiger partial charge < -0.3 is 15.7 Å². The molecule has 0 aliphatic carbocycles. The number of fused-ring (bicyclic) bond motifs is 3. The van der Waals surface area contributed by atoms with Crippen LogP contribution in [0, 0.1) is 62.3 Å². The quantitative estimate of drug-likeness (QED) is 0.203. The average molecular weight is 811 g/mol. The number of aryl methyl sites for hydroxylation is 6. The summed E-state index contributed by atoms with van der Waals surface area (Å²) in [5.41, 5.74) is 9.48. The Kier molecular flexibility index (Phi) is 14.3. The number of hydrogen-bond donors (Lipinski definition) is 4. The van der Waals surface area contributed by atoms with Crippen LogP contribution < -0.4 is 27.3 Å². The molecule has 6 aromatic heterocycles. The van der Waals surface area contributed by atoms with Crippen LogP contribution in [0.2, 0.25) is 0 Å². The van der Waals surface area contributed by atoms with E-state index in [1.807, 2.05) is 70.2 Å². The number of aromatic amines is 1. The predicted octanol–water partition coefficient (Wildman–Crippen LogP) is 4.01. The van der Waals surface area contributed by atoms with Gasteiger partial charge in [-0.05, 0) is 130 Å². The lowest BCUT2D eigenvalue weighted by Crippen LogP contribution is -2.48. The molecule has 0 saturated carbocycles. The molecule has 2 saturated heterocycles. The fourth-order valence-corrected chi connectivity index (χ4v) is 9.67. The van der Waals surface area contributed by atoms with E-state index in [2.05, 4.69) is 39.8 Å². The summed E-state index contributed by atoms with van der Waals surface area (Å²) in [7, 11) is 1.00. The molecular weight excluding hydrogens is 757 g/mol. The summed E-state index contributed by atoms with van der Waals surface area (Å²) < 4.78 is 6.35. The second-order valence-electron chi connectivity index (χ2n) is 14.0. The lowest BCUT2D eigenvalue weighted by molar-refractivity contribution is 0.0913. The Morgan fingerprint density at radius 3 is 1.24 bits per heavy atom. The monoisotopic (exact) mass is 810 g/mol. The highest BCUT2D eigenvalue weighted by atomic mass is 32.1. The Hall–Kier alpha value is -3.68. The molecule has 4 N–H and O–H groups in total. The average Bonchev–Trinajstić information content (AvgIpc) is 3.82. The standard InChI is InChI=1S/C24H30N6O2S2.C9H10N2OS.C4H10N2.CH4O/c1-13-15(3)19-21(25-17(13)5)33-29(23(19)31)11-27-7-9-28(10-8-27)12-30-24(32)20-16(4)14(2)18(6)26-22(20)34-30;1-4-5(2)7-8(12)11-13-9(7)10-6(4)3;1-2-6-4-3-5-1;1-2/h7-12H2,1-6H3;1-3H3,(H,11,12);5-6H,1-4H2;2H,1H3. The van der Waals surface area contributed by atoms with Crippen molar-refractivity contribution in [2.75, 3.05) is 59.5 Å². The number of nitrogens with one attached hydrogen (secondary N) is 3. The van der Waals surface area contributed by atoms with Crippen LogP contribution in [0.15, 0.2) is 14.4 Å². The van der Waals surface area contributed by atoms with Gasteiger partial charge in [0.25, 0.3) is 16.7 Å². The lowest BCUT2D eigenvalue weighted by Gasteiger charge is -2.34. The molecule has 8 heterocycles. The van der Waals surface area contributed by atoms with Crippen molar-refractivity contribution in [2.45, 2.75) is 75.7 Å². The Morgan fingerprint density at radius 2 is 0.873 bits per heavy atom. The molecule has 14 nitrogen and oxygen atoms in total. The number of piperazine rings is 2. The van der Waals surface area contributed by atoms with E-state index in [0.717, 1.165) is 141 Å². The zero-order valence-electron chi connectivity index (χ0n) is 33.6. The van der Waals surface area contributed by atoms with Crippen molar-refractivity contribution < 1.29 is 5.11 Å². The van der Waals surface area contributed by atoms with Crippen LogP contribution in [0.4, 0.5) is 0 Å². The Labute approximate surface area is 333 Å². The number of rotatable bonds is 4. The van der Waals surface area contributed by atoms with E-state index >= 15 is 0 Å². The van der Waals surface area contributed by atoms with E-state index in [4.69, 9.17) is 5.11 Å². The molecule has 0 atom stereocenters. The first kappa shape index (κ1) is 42.5. The van der Waals surface area contributed by atoms with Crippen molar-refractivity contribution in [3.63, 3.8) is 0 Å². The zero-order chi connectivity index (χ0) is 40.1. The number of hydrogen-bond acceptors (Lipinski definition) is 14. The number of H-pyrrole nitrogens is 1. The zero-order valence-corrected chi connectivity index (χ0v) is 36.0. The number of aliphatic hydroxyl groups excluding tert-OH is 1. The maximum atomic E-state index is 13.0. The molecule has 2 aliphatic rings.